The molecule has 20 heavy (non-hydrogen) atoms. The summed E-state index contributed by atoms with van der Waals surface area (Å²) in [5, 5.41) is 15.3. The van der Waals surface area contributed by atoms with E-state index in [2.05, 4.69) is 41.4 Å². The number of aromatic nitrogens is 2. The molecule has 1 aromatic heterocycles. The summed E-state index contributed by atoms with van der Waals surface area (Å²) in [6, 6.07) is 1.96. The van der Waals surface area contributed by atoms with Crippen molar-refractivity contribution in [1.82, 2.24) is 9.97 Å². The number of nitrogens with zero attached hydrogens (tertiary/aromatic N) is 2. The summed E-state index contributed by atoms with van der Waals surface area (Å²) in [5.74, 6) is 2.96. The number of hydrogen-bond acceptors (Lipinski definition) is 5. The molecule has 1 rings (SSSR count). The van der Waals surface area contributed by atoms with Gasteiger partial charge in [0.25, 0.3) is 0 Å². The molecule has 0 aromatic carbocycles. The third kappa shape index (κ3) is 6.19. The van der Waals surface area contributed by atoms with Crippen LogP contribution in [0.2, 0.25) is 0 Å². The summed E-state index contributed by atoms with van der Waals surface area (Å²) < 4.78 is 0. The van der Waals surface area contributed by atoms with Crippen LogP contribution >= 0.6 is 0 Å². The highest BCUT2D eigenvalue weighted by Gasteiger charge is 2.07. The summed E-state index contributed by atoms with van der Waals surface area (Å²) >= 11 is 0. The van der Waals surface area contributed by atoms with Crippen LogP contribution in [0.25, 0.3) is 0 Å². The van der Waals surface area contributed by atoms with Crippen LogP contribution in [-0.2, 0) is 0 Å². The highest BCUT2D eigenvalue weighted by atomic mass is 16.2. The van der Waals surface area contributed by atoms with Crippen LogP contribution in [0.1, 0.15) is 58.2 Å². The zero-order chi connectivity index (χ0) is 14.8. The minimum absolute atomic E-state index is 0.295. The summed E-state index contributed by atoms with van der Waals surface area (Å²) in [6.45, 7) is 8.32. The Balaban J connectivity index is 2.50. The molecule has 1 aromatic rings. The summed E-state index contributed by atoms with van der Waals surface area (Å²) in [5.41, 5.74) is 0. The van der Waals surface area contributed by atoms with Crippen molar-refractivity contribution in [2.75, 3.05) is 30.3 Å². The Morgan fingerprint density at radius 3 is 2.30 bits per heavy atom. The number of anilines is 2. The molecule has 0 atom stereocenters. The second-order valence-electron chi connectivity index (χ2n) is 5.25. The Bertz CT molecular complexity index is 382. The van der Waals surface area contributed by atoms with Gasteiger partial charge >= 0.3 is 0 Å². The van der Waals surface area contributed by atoms with Gasteiger partial charge in [-0.05, 0) is 19.8 Å². The largest absolute Gasteiger partial charge is 0.396 e. The number of aliphatic hydroxyl groups excluding tert-OH is 1. The van der Waals surface area contributed by atoms with Gasteiger partial charge < -0.3 is 15.7 Å². The highest BCUT2D eigenvalue weighted by molar-refractivity contribution is 5.47. The molecule has 3 N–H and O–H groups in total. The van der Waals surface area contributed by atoms with E-state index in [4.69, 9.17) is 5.11 Å². The van der Waals surface area contributed by atoms with Crippen molar-refractivity contribution in [2.45, 2.75) is 52.4 Å². The molecule has 0 saturated heterocycles. The second-order valence-corrected chi connectivity index (χ2v) is 5.25. The molecule has 0 aliphatic rings. The molecule has 114 valence electrons. The number of rotatable bonds is 10. The molecule has 0 unspecified atom stereocenters. The lowest BCUT2D eigenvalue weighted by Crippen LogP contribution is -2.09. The predicted octanol–water partition coefficient (Wildman–Crippen LogP) is 3.00. The van der Waals surface area contributed by atoms with Crippen LogP contribution in [0.5, 0.6) is 0 Å². The first kappa shape index (κ1) is 16.7. The minimum Gasteiger partial charge on any atom is -0.396 e. The van der Waals surface area contributed by atoms with Gasteiger partial charge in [0.05, 0.1) is 0 Å². The molecule has 0 spiro atoms. The molecule has 1 heterocycles. The van der Waals surface area contributed by atoms with Gasteiger partial charge in [-0.15, -0.1) is 0 Å². The van der Waals surface area contributed by atoms with E-state index in [1.54, 1.807) is 0 Å². The SMILES string of the molecule is CCNc1cc(NCCCCCCO)nc(C(C)C)n1. The molecule has 5 heteroatoms. The maximum absolute atomic E-state index is 8.72. The number of aliphatic hydroxyl groups is 1. The minimum atomic E-state index is 0.295. The summed E-state index contributed by atoms with van der Waals surface area (Å²) in [4.78, 5) is 9.05. The van der Waals surface area contributed by atoms with Crippen LogP contribution in [0.3, 0.4) is 0 Å². The van der Waals surface area contributed by atoms with Crippen LogP contribution in [0.4, 0.5) is 11.6 Å². The Morgan fingerprint density at radius 2 is 1.70 bits per heavy atom. The molecular weight excluding hydrogens is 252 g/mol. The van der Waals surface area contributed by atoms with Gasteiger partial charge in [-0.25, -0.2) is 9.97 Å². The predicted molar refractivity (Wildman–Crippen MR) is 84.3 cm³/mol. The average molecular weight is 280 g/mol. The maximum atomic E-state index is 8.72. The van der Waals surface area contributed by atoms with Crippen LogP contribution in [-0.4, -0.2) is 34.8 Å². The fraction of sp³-hybridized carbons (Fsp3) is 0.733. The van der Waals surface area contributed by atoms with Crippen molar-refractivity contribution in [2.24, 2.45) is 0 Å². The van der Waals surface area contributed by atoms with Gasteiger partial charge in [0.2, 0.25) is 0 Å². The molecule has 0 aliphatic heterocycles. The fourth-order valence-corrected chi connectivity index (χ4v) is 1.89. The zero-order valence-corrected chi connectivity index (χ0v) is 12.9. The molecule has 0 amide bonds. The van der Waals surface area contributed by atoms with Crippen molar-refractivity contribution in [3.63, 3.8) is 0 Å². The zero-order valence-electron chi connectivity index (χ0n) is 12.9. The van der Waals surface area contributed by atoms with E-state index in [9.17, 15) is 0 Å². The van der Waals surface area contributed by atoms with E-state index in [0.29, 0.717) is 12.5 Å². The fourth-order valence-electron chi connectivity index (χ4n) is 1.89. The first-order valence-corrected chi connectivity index (χ1v) is 7.65. The number of hydrogen-bond donors (Lipinski definition) is 3. The maximum Gasteiger partial charge on any atom is 0.135 e. The van der Waals surface area contributed by atoms with Crippen LogP contribution in [0.15, 0.2) is 6.07 Å². The molecule has 0 bridgehead atoms. The van der Waals surface area contributed by atoms with Crippen LogP contribution in [0, 0.1) is 0 Å². The molecule has 0 aliphatic carbocycles. The topological polar surface area (TPSA) is 70.1 Å². The lowest BCUT2D eigenvalue weighted by Gasteiger charge is -2.12. The highest BCUT2D eigenvalue weighted by Crippen LogP contribution is 2.17. The molecule has 0 fully saturated rings. The van der Waals surface area contributed by atoms with E-state index >= 15 is 0 Å². The van der Waals surface area contributed by atoms with Crippen molar-refractivity contribution < 1.29 is 5.11 Å². The van der Waals surface area contributed by atoms with Gasteiger partial charge in [0.15, 0.2) is 0 Å². The van der Waals surface area contributed by atoms with E-state index in [0.717, 1.165) is 56.2 Å². The first-order valence-electron chi connectivity index (χ1n) is 7.65. The van der Waals surface area contributed by atoms with Crippen molar-refractivity contribution in [1.29, 1.82) is 0 Å². The van der Waals surface area contributed by atoms with Gasteiger partial charge in [0, 0.05) is 31.7 Å². The normalized spacial score (nSPS) is 10.8. The van der Waals surface area contributed by atoms with Gasteiger partial charge in [-0.2, -0.15) is 0 Å². The monoisotopic (exact) mass is 280 g/mol. The molecule has 5 nitrogen and oxygen atoms in total. The summed E-state index contributed by atoms with van der Waals surface area (Å²) in [7, 11) is 0. The summed E-state index contributed by atoms with van der Waals surface area (Å²) in [6.07, 6.45) is 4.21. The molecule has 0 radical (unpaired) electrons. The van der Waals surface area contributed by atoms with Gasteiger partial charge in [-0.3, -0.25) is 0 Å². The van der Waals surface area contributed by atoms with Crippen molar-refractivity contribution in [3.05, 3.63) is 11.9 Å². The third-order valence-electron chi connectivity index (χ3n) is 3.01. The quantitative estimate of drug-likeness (QED) is 0.575. The Morgan fingerprint density at radius 1 is 1.05 bits per heavy atom. The Labute approximate surface area is 122 Å². The van der Waals surface area contributed by atoms with E-state index < -0.39 is 0 Å². The van der Waals surface area contributed by atoms with E-state index in [-0.39, 0.29) is 0 Å². The molecular formula is C15H28N4O. The average Bonchev–Trinajstić information content (AvgIpc) is 2.43. The van der Waals surface area contributed by atoms with Crippen molar-refractivity contribution in [3.8, 4) is 0 Å². The Hall–Kier alpha value is -1.36. The lowest BCUT2D eigenvalue weighted by molar-refractivity contribution is 0.283. The second kappa shape index (κ2) is 9.53. The first-order chi connectivity index (χ1) is 9.67. The molecule has 0 saturated carbocycles. The van der Waals surface area contributed by atoms with E-state index in [1.807, 2.05) is 6.07 Å². The third-order valence-corrected chi connectivity index (χ3v) is 3.01. The van der Waals surface area contributed by atoms with Crippen molar-refractivity contribution >= 4 is 11.6 Å². The van der Waals surface area contributed by atoms with E-state index in [1.165, 1.54) is 0 Å². The number of unbranched alkanes of at least 4 members (excludes halogenated alkanes) is 3. The lowest BCUT2D eigenvalue weighted by atomic mass is 10.2. The number of nitrogens with one attached hydrogen (secondary N) is 2. The van der Waals surface area contributed by atoms with Gasteiger partial charge in [0.1, 0.15) is 17.5 Å². The smallest absolute Gasteiger partial charge is 0.135 e. The standard InChI is InChI=1S/C15H28N4O/c1-4-16-13-11-14(19-15(18-13)12(2)3)17-9-7-5-6-8-10-20/h11-12,20H,4-10H2,1-3H3,(H2,16,17,18,19). The van der Waals surface area contributed by atoms with Gasteiger partial charge in [-0.1, -0.05) is 26.7 Å². The Kier molecular flexibility index (Phi) is 7.95. The van der Waals surface area contributed by atoms with Crippen LogP contribution < -0.4 is 10.6 Å².